The first-order valence-corrected chi connectivity index (χ1v) is 10.1. The van der Waals surface area contributed by atoms with E-state index in [9.17, 15) is 4.79 Å². The van der Waals surface area contributed by atoms with Crippen LogP contribution in [-0.2, 0) is 4.79 Å². The summed E-state index contributed by atoms with van der Waals surface area (Å²) in [5.74, 6) is 4.28. The Labute approximate surface area is 120 Å². The maximum Gasteiger partial charge on any atom is 0.145 e. The van der Waals surface area contributed by atoms with Crippen molar-refractivity contribution in [1.29, 1.82) is 0 Å². The molecule has 0 heterocycles. The molecule has 1 aliphatic rings. The van der Waals surface area contributed by atoms with Crippen LogP contribution in [0.3, 0.4) is 0 Å². The first-order chi connectivity index (χ1) is 8.80. The molecule has 0 saturated heterocycles. The Balaban J connectivity index is 2.98. The van der Waals surface area contributed by atoms with Gasteiger partial charge in [0.1, 0.15) is 13.9 Å². The van der Waals surface area contributed by atoms with E-state index in [1.165, 1.54) is 0 Å². The minimum Gasteiger partial charge on any atom is -0.300 e. The SMILES string of the molecule is CC(C)[Si](C#C[C@@H]1CCCC(=O)C1)(C(C)C)C(C)C. The van der Waals surface area contributed by atoms with Gasteiger partial charge in [0.2, 0.25) is 0 Å². The Hall–Kier alpha value is -0.553. The zero-order valence-corrected chi connectivity index (χ0v) is 14.5. The van der Waals surface area contributed by atoms with Gasteiger partial charge < -0.3 is 0 Å². The van der Waals surface area contributed by atoms with Crippen molar-refractivity contribution >= 4 is 13.9 Å². The van der Waals surface area contributed by atoms with Gasteiger partial charge in [-0.25, -0.2) is 0 Å². The minimum atomic E-state index is -1.61. The number of hydrogen-bond acceptors (Lipinski definition) is 1. The van der Waals surface area contributed by atoms with Crippen LogP contribution < -0.4 is 0 Å². The van der Waals surface area contributed by atoms with E-state index in [0.717, 1.165) is 19.3 Å². The number of carbonyl (C=O) groups is 1. The molecule has 0 amide bonds. The van der Waals surface area contributed by atoms with E-state index in [1.807, 2.05) is 0 Å². The van der Waals surface area contributed by atoms with Crippen molar-refractivity contribution in [3.63, 3.8) is 0 Å². The van der Waals surface area contributed by atoms with Gasteiger partial charge in [-0.2, -0.15) is 0 Å². The second kappa shape index (κ2) is 6.75. The highest BCUT2D eigenvalue weighted by atomic mass is 28.3. The minimum absolute atomic E-state index is 0.337. The van der Waals surface area contributed by atoms with E-state index in [1.54, 1.807) is 0 Å². The smallest absolute Gasteiger partial charge is 0.145 e. The molecule has 19 heavy (non-hydrogen) atoms. The fourth-order valence-corrected chi connectivity index (χ4v) is 9.13. The molecule has 0 aromatic heterocycles. The molecule has 2 heteroatoms. The monoisotopic (exact) mass is 278 g/mol. The Morgan fingerprint density at radius 2 is 1.58 bits per heavy atom. The Morgan fingerprint density at radius 1 is 1.05 bits per heavy atom. The number of Topliss-reactive ketones (excluding diaryl/α,β-unsaturated/α-hetero) is 1. The van der Waals surface area contributed by atoms with E-state index < -0.39 is 8.07 Å². The molecule has 1 nitrogen and oxygen atoms in total. The number of carbonyl (C=O) groups excluding carboxylic acids is 1. The fourth-order valence-electron chi connectivity index (χ4n) is 3.81. The Bertz CT molecular complexity index is 349. The Morgan fingerprint density at radius 3 is 2.00 bits per heavy atom. The molecule has 1 saturated carbocycles. The molecule has 0 aliphatic heterocycles. The third-order valence-electron chi connectivity index (χ3n) is 4.84. The lowest BCUT2D eigenvalue weighted by atomic mass is 9.89. The molecular formula is C17H30OSi. The second-order valence-corrected chi connectivity index (χ2v) is 12.6. The standard InChI is InChI=1S/C17H30OSi/c1-13(2)19(14(3)4,15(5)6)11-10-16-8-7-9-17(18)12-16/h13-16H,7-9,12H2,1-6H3/t16-/m0/s1. The summed E-state index contributed by atoms with van der Waals surface area (Å²) in [4.78, 5) is 11.5. The average molecular weight is 279 g/mol. The van der Waals surface area contributed by atoms with Crippen molar-refractivity contribution in [2.75, 3.05) is 0 Å². The van der Waals surface area contributed by atoms with Gasteiger partial charge in [0.15, 0.2) is 0 Å². The maximum atomic E-state index is 11.5. The van der Waals surface area contributed by atoms with Crippen LogP contribution >= 0.6 is 0 Å². The van der Waals surface area contributed by atoms with Crippen LogP contribution in [0.15, 0.2) is 0 Å². The van der Waals surface area contributed by atoms with Crippen molar-refractivity contribution in [2.45, 2.75) is 83.8 Å². The summed E-state index contributed by atoms with van der Waals surface area (Å²) >= 11 is 0. The second-order valence-electron chi connectivity index (χ2n) is 7.00. The summed E-state index contributed by atoms with van der Waals surface area (Å²) in [6.07, 6.45) is 3.64. The highest BCUT2D eigenvalue weighted by Crippen LogP contribution is 2.41. The van der Waals surface area contributed by atoms with Gasteiger partial charge in [0, 0.05) is 18.8 Å². The van der Waals surface area contributed by atoms with E-state index in [0.29, 0.717) is 34.7 Å². The first kappa shape index (κ1) is 16.5. The third-order valence-corrected chi connectivity index (χ3v) is 11.2. The Kier molecular flexibility index (Phi) is 5.86. The van der Waals surface area contributed by atoms with Gasteiger partial charge in [0.25, 0.3) is 0 Å². The lowest BCUT2D eigenvalue weighted by Crippen LogP contribution is -2.43. The van der Waals surface area contributed by atoms with Gasteiger partial charge in [-0.15, -0.1) is 11.5 Å². The lowest BCUT2D eigenvalue weighted by Gasteiger charge is -2.38. The zero-order chi connectivity index (χ0) is 14.6. The van der Waals surface area contributed by atoms with Gasteiger partial charge in [-0.3, -0.25) is 4.79 Å². The molecule has 1 atom stereocenters. The predicted molar refractivity (Wildman–Crippen MR) is 85.8 cm³/mol. The van der Waals surface area contributed by atoms with Crippen LogP contribution in [0.5, 0.6) is 0 Å². The van der Waals surface area contributed by atoms with Gasteiger partial charge in [0.05, 0.1) is 0 Å². The van der Waals surface area contributed by atoms with E-state index in [4.69, 9.17) is 0 Å². The van der Waals surface area contributed by atoms with Crippen molar-refractivity contribution in [3.05, 3.63) is 0 Å². The third kappa shape index (κ3) is 3.72. The molecule has 0 radical (unpaired) electrons. The van der Waals surface area contributed by atoms with Crippen LogP contribution in [-0.4, -0.2) is 13.9 Å². The summed E-state index contributed by atoms with van der Waals surface area (Å²) in [5, 5.41) is 0. The molecule has 1 fully saturated rings. The molecular weight excluding hydrogens is 248 g/mol. The molecule has 0 aromatic carbocycles. The molecule has 0 N–H and O–H groups in total. The quantitative estimate of drug-likeness (QED) is 0.526. The van der Waals surface area contributed by atoms with Gasteiger partial charge in [-0.05, 0) is 29.5 Å². The van der Waals surface area contributed by atoms with Crippen molar-refractivity contribution < 1.29 is 4.79 Å². The fraction of sp³-hybridized carbons (Fsp3) is 0.824. The molecule has 1 aliphatic carbocycles. The molecule has 1 rings (SSSR count). The summed E-state index contributed by atoms with van der Waals surface area (Å²) in [6.45, 7) is 14.0. The molecule has 108 valence electrons. The lowest BCUT2D eigenvalue weighted by molar-refractivity contribution is -0.120. The van der Waals surface area contributed by atoms with Crippen molar-refractivity contribution in [1.82, 2.24) is 0 Å². The van der Waals surface area contributed by atoms with Crippen molar-refractivity contribution in [3.8, 4) is 11.5 Å². The molecule has 0 unspecified atom stereocenters. The van der Waals surface area contributed by atoms with Crippen LogP contribution in [0.2, 0.25) is 16.6 Å². The van der Waals surface area contributed by atoms with Crippen LogP contribution in [0, 0.1) is 17.4 Å². The number of hydrogen-bond donors (Lipinski definition) is 0. The van der Waals surface area contributed by atoms with Gasteiger partial charge in [-0.1, -0.05) is 41.5 Å². The maximum absolute atomic E-state index is 11.5. The molecule has 0 spiro atoms. The predicted octanol–water partition coefficient (Wildman–Crippen LogP) is 4.97. The normalized spacial score (nSPS) is 20.9. The number of rotatable bonds is 3. The molecule has 0 aromatic rings. The summed E-state index contributed by atoms with van der Waals surface area (Å²) in [7, 11) is -1.61. The summed E-state index contributed by atoms with van der Waals surface area (Å²) in [5.41, 5.74) is 5.80. The highest BCUT2D eigenvalue weighted by molar-refractivity contribution is 6.90. The van der Waals surface area contributed by atoms with E-state index >= 15 is 0 Å². The highest BCUT2D eigenvalue weighted by Gasteiger charge is 2.41. The van der Waals surface area contributed by atoms with Crippen LogP contribution in [0.4, 0.5) is 0 Å². The van der Waals surface area contributed by atoms with Crippen LogP contribution in [0.1, 0.15) is 67.2 Å². The first-order valence-electron chi connectivity index (χ1n) is 7.85. The molecule has 0 bridgehead atoms. The summed E-state index contributed by atoms with van der Waals surface area (Å²) in [6, 6.07) is 0. The van der Waals surface area contributed by atoms with E-state index in [2.05, 4.69) is 53.0 Å². The average Bonchev–Trinajstić information content (AvgIpc) is 2.28. The summed E-state index contributed by atoms with van der Waals surface area (Å²) < 4.78 is 0. The van der Waals surface area contributed by atoms with E-state index in [-0.39, 0.29) is 0 Å². The topological polar surface area (TPSA) is 17.1 Å². The zero-order valence-electron chi connectivity index (χ0n) is 13.5. The largest absolute Gasteiger partial charge is 0.300 e. The van der Waals surface area contributed by atoms with Crippen LogP contribution in [0.25, 0.3) is 0 Å². The van der Waals surface area contributed by atoms with Gasteiger partial charge >= 0.3 is 0 Å². The number of ketones is 1. The van der Waals surface area contributed by atoms with Crippen molar-refractivity contribution in [2.24, 2.45) is 5.92 Å².